The van der Waals surface area contributed by atoms with Crippen LogP contribution in [0.2, 0.25) is 0 Å². The Morgan fingerprint density at radius 1 is 0.217 bits per heavy atom. The molecule has 0 aliphatic heterocycles. The molecule has 0 spiro atoms. The van der Waals surface area contributed by atoms with Gasteiger partial charge >= 0.3 is 0 Å². The van der Waals surface area contributed by atoms with E-state index in [1.807, 2.05) is 0 Å². The summed E-state index contributed by atoms with van der Waals surface area (Å²) in [5.74, 6) is 0. The van der Waals surface area contributed by atoms with Crippen molar-refractivity contribution in [2.24, 2.45) is 0 Å². The van der Waals surface area contributed by atoms with E-state index in [9.17, 15) is 0 Å². The van der Waals surface area contributed by atoms with Crippen molar-refractivity contribution in [3.05, 3.63) is 170 Å². The highest BCUT2D eigenvalue weighted by atomic mass is 14.2. The predicted octanol–water partition coefficient (Wildman–Crippen LogP) is 13.1. The van der Waals surface area contributed by atoms with E-state index in [1.165, 1.54) is 97.7 Å². The van der Waals surface area contributed by atoms with Crippen molar-refractivity contribution in [1.29, 1.82) is 0 Å². The van der Waals surface area contributed by atoms with Crippen LogP contribution in [-0.2, 0) is 0 Å². The van der Waals surface area contributed by atoms with Gasteiger partial charge in [-0.3, -0.25) is 0 Å². The third-order valence-electron chi connectivity index (χ3n) is 10.0. The Hall–Kier alpha value is -5.98. The van der Waals surface area contributed by atoms with Crippen LogP contribution in [0, 0.1) is 0 Å². The molecule has 0 atom stereocenters. The molecule has 0 saturated heterocycles. The lowest BCUT2D eigenvalue weighted by molar-refractivity contribution is 1.69. The van der Waals surface area contributed by atoms with Crippen molar-refractivity contribution in [2.75, 3.05) is 0 Å². The van der Waals surface area contributed by atoms with E-state index in [-0.39, 0.29) is 0 Å². The molecule has 0 bridgehead atoms. The summed E-state index contributed by atoms with van der Waals surface area (Å²) in [7, 11) is 0. The van der Waals surface area contributed by atoms with Crippen LogP contribution in [0.25, 0.3) is 97.7 Å². The smallest absolute Gasteiger partial charge is 0.00139 e. The van der Waals surface area contributed by atoms with Gasteiger partial charge in [-0.05, 0) is 110 Å². The average molecular weight is 581 g/mol. The zero-order valence-electron chi connectivity index (χ0n) is 25.2. The molecular weight excluding hydrogens is 553 g/mol. The molecule has 0 heteroatoms. The predicted molar refractivity (Wildman–Crippen MR) is 200 cm³/mol. The van der Waals surface area contributed by atoms with Crippen molar-refractivity contribution in [3.8, 4) is 22.3 Å². The van der Waals surface area contributed by atoms with Gasteiger partial charge in [-0.25, -0.2) is 0 Å². The Labute approximate surface area is 266 Å². The highest BCUT2D eigenvalue weighted by Gasteiger charge is 2.17. The first kappa shape index (κ1) is 25.4. The van der Waals surface area contributed by atoms with Crippen molar-refractivity contribution in [3.63, 3.8) is 0 Å². The molecule has 0 amide bonds. The maximum absolute atomic E-state index is 2.42. The van der Waals surface area contributed by atoms with E-state index in [2.05, 4.69) is 170 Å². The lowest BCUT2D eigenvalue weighted by atomic mass is 9.85. The summed E-state index contributed by atoms with van der Waals surface area (Å²) in [5.41, 5.74) is 5.04. The van der Waals surface area contributed by atoms with E-state index in [4.69, 9.17) is 0 Å². The number of hydrogen-bond donors (Lipinski definition) is 0. The number of fused-ring (bicyclic) bond motifs is 13. The first-order valence-corrected chi connectivity index (χ1v) is 16.0. The fourth-order valence-electron chi connectivity index (χ4n) is 7.96. The van der Waals surface area contributed by atoms with Crippen molar-refractivity contribution < 1.29 is 0 Å². The largest absolute Gasteiger partial charge is 0.0616 e. The van der Waals surface area contributed by atoms with E-state index in [0.29, 0.717) is 0 Å². The van der Waals surface area contributed by atoms with Gasteiger partial charge in [0.15, 0.2) is 0 Å². The quantitative estimate of drug-likeness (QED) is 0.178. The maximum atomic E-state index is 2.42. The monoisotopic (exact) mass is 580 g/mol. The summed E-state index contributed by atoms with van der Waals surface area (Å²) < 4.78 is 0. The molecule has 0 N–H and O–H groups in total. The summed E-state index contributed by atoms with van der Waals surface area (Å²) in [6, 6.07) is 62.8. The molecule has 0 fully saturated rings. The first-order chi connectivity index (χ1) is 22.8. The molecule has 10 aromatic rings. The summed E-state index contributed by atoms with van der Waals surface area (Å²) in [5, 5.41) is 18.1. The second-order valence-electron chi connectivity index (χ2n) is 12.4. The van der Waals surface area contributed by atoms with Crippen LogP contribution in [0.4, 0.5) is 0 Å². The van der Waals surface area contributed by atoms with Gasteiger partial charge in [-0.15, -0.1) is 0 Å². The summed E-state index contributed by atoms with van der Waals surface area (Å²) >= 11 is 0. The Morgan fingerprint density at radius 3 is 1.02 bits per heavy atom. The van der Waals surface area contributed by atoms with Crippen LogP contribution in [0.5, 0.6) is 0 Å². The second kappa shape index (κ2) is 9.76. The van der Waals surface area contributed by atoms with E-state index < -0.39 is 0 Å². The van der Waals surface area contributed by atoms with Crippen LogP contribution in [0.15, 0.2) is 170 Å². The molecule has 0 saturated carbocycles. The first-order valence-electron chi connectivity index (χ1n) is 16.0. The molecule has 212 valence electrons. The third-order valence-corrected chi connectivity index (χ3v) is 10.0. The number of benzene rings is 10. The molecule has 46 heavy (non-hydrogen) atoms. The molecule has 0 aromatic heterocycles. The normalized spacial score (nSPS) is 11.9. The van der Waals surface area contributed by atoms with Gasteiger partial charge in [-0.2, -0.15) is 0 Å². The van der Waals surface area contributed by atoms with Crippen molar-refractivity contribution in [2.45, 2.75) is 0 Å². The molecule has 0 nitrogen and oxygen atoms in total. The second-order valence-corrected chi connectivity index (χ2v) is 12.4. The Morgan fingerprint density at radius 2 is 0.565 bits per heavy atom. The van der Waals surface area contributed by atoms with Gasteiger partial charge in [-0.1, -0.05) is 158 Å². The van der Waals surface area contributed by atoms with Crippen LogP contribution in [0.3, 0.4) is 0 Å². The van der Waals surface area contributed by atoms with Gasteiger partial charge in [0, 0.05) is 0 Å². The third kappa shape index (κ3) is 3.62. The van der Waals surface area contributed by atoms with Gasteiger partial charge in [0.05, 0.1) is 0 Å². The molecule has 10 aromatic carbocycles. The standard InChI is InChI=1S/C46H28/c1-3-15-33-29(11-1)13-9-21-35(33)31-23-25-41-43(27-31)37-17-5-7-19-39(37)46-42-26-24-32(36-22-10-14-30-12-2-4-16-34(30)36)28-44(42)38-18-6-8-20-40(38)45(41)46/h1-28H. The van der Waals surface area contributed by atoms with Crippen LogP contribution in [0.1, 0.15) is 0 Å². The van der Waals surface area contributed by atoms with Crippen molar-refractivity contribution >= 4 is 75.4 Å². The highest BCUT2D eigenvalue weighted by Crippen LogP contribution is 2.46. The van der Waals surface area contributed by atoms with Crippen LogP contribution >= 0.6 is 0 Å². The number of rotatable bonds is 2. The minimum Gasteiger partial charge on any atom is -0.0616 e. The Bertz CT molecular complexity index is 2650. The molecule has 0 unspecified atom stereocenters. The Balaban J connectivity index is 1.33. The van der Waals surface area contributed by atoms with Gasteiger partial charge in [0.1, 0.15) is 0 Å². The molecular formula is C46H28. The minimum absolute atomic E-state index is 1.25. The van der Waals surface area contributed by atoms with E-state index in [0.717, 1.165) is 0 Å². The van der Waals surface area contributed by atoms with Crippen molar-refractivity contribution in [1.82, 2.24) is 0 Å². The zero-order valence-corrected chi connectivity index (χ0v) is 25.2. The molecule has 0 heterocycles. The number of hydrogen-bond acceptors (Lipinski definition) is 0. The van der Waals surface area contributed by atoms with Gasteiger partial charge in [0.25, 0.3) is 0 Å². The summed E-state index contributed by atoms with van der Waals surface area (Å²) in [6.45, 7) is 0. The summed E-state index contributed by atoms with van der Waals surface area (Å²) in [6.07, 6.45) is 0. The summed E-state index contributed by atoms with van der Waals surface area (Å²) in [4.78, 5) is 0. The van der Waals surface area contributed by atoms with E-state index >= 15 is 0 Å². The minimum atomic E-state index is 1.25. The molecule has 0 radical (unpaired) electrons. The average Bonchev–Trinajstić information content (AvgIpc) is 3.13. The Kier molecular flexibility index (Phi) is 5.38. The van der Waals surface area contributed by atoms with Crippen LogP contribution < -0.4 is 0 Å². The maximum Gasteiger partial charge on any atom is -0.00139 e. The SMILES string of the molecule is c1ccc2c(-c3ccc4c(c3)c3ccccc3c3c5ccc(-c6cccc7ccccc67)cc5c5ccccc5c43)cccc2c1. The fourth-order valence-corrected chi connectivity index (χ4v) is 7.96. The lowest BCUT2D eigenvalue weighted by Crippen LogP contribution is -1.90. The van der Waals surface area contributed by atoms with E-state index in [1.54, 1.807) is 0 Å². The molecule has 0 aliphatic rings. The molecule has 0 aliphatic carbocycles. The van der Waals surface area contributed by atoms with Crippen LogP contribution in [-0.4, -0.2) is 0 Å². The topological polar surface area (TPSA) is 0 Å². The van der Waals surface area contributed by atoms with Gasteiger partial charge in [0.2, 0.25) is 0 Å². The van der Waals surface area contributed by atoms with Gasteiger partial charge < -0.3 is 0 Å². The molecule has 10 rings (SSSR count). The lowest BCUT2D eigenvalue weighted by Gasteiger charge is -2.18. The zero-order chi connectivity index (χ0) is 30.2. The fraction of sp³-hybridized carbons (Fsp3) is 0. The highest BCUT2D eigenvalue weighted by molar-refractivity contribution is 6.39.